The zero-order valence-corrected chi connectivity index (χ0v) is 13.2. The van der Waals surface area contributed by atoms with E-state index in [1.54, 1.807) is 18.2 Å². The van der Waals surface area contributed by atoms with Gasteiger partial charge in [-0.2, -0.15) is 0 Å². The standard InChI is InChI=1S/C15H26N4O3/c1-21-11-4-3-5-12(22-2)13(11)14(20)19-10-15(18,6-8-16)7-9-17/h3-5H,6-10,16-18H2,1-2H3,(H,19,20). The van der Waals surface area contributed by atoms with Crippen LogP contribution in [0.4, 0.5) is 0 Å². The molecule has 0 aliphatic heterocycles. The Morgan fingerprint density at radius 1 is 1.14 bits per heavy atom. The van der Waals surface area contributed by atoms with E-state index >= 15 is 0 Å². The number of nitrogens with one attached hydrogen (secondary N) is 1. The Labute approximate surface area is 131 Å². The molecule has 7 nitrogen and oxygen atoms in total. The quantitative estimate of drug-likeness (QED) is 0.502. The minimum absolute atomic E-state index is 0.279. The molecule has 22 heavy (non-hydrogen) atoms. The minimum atomic E-state index is -0.617. The fourth-order valence-electron chi connectivity index (χ4n) is 2.30. The molecule has 7 heteroatoms. The van der Waals surface area contributed by atoms with E-state index in [0.717, 1.165) is 0 Å². The van der Waals surface area contributed by atoms with Gasteiger partial charge in [-0.05, 0) is 38.1 Å². The molecule has 0 aliphatic rings. The third-order valence-corrected chi connectivity index (χ3v) is 3.54. The first-order valence-corrected chi connectivity index (χ1v) is 7.19. The van der Waals surface area contributed by atoms with Gasteiger partial charge in [-0.1, -0.05) is 6.07 Å². The number of ether oxygens (including phenoxy) is 2. The molecule has 0 fully saturated rings. The molecular weight excluding hydrogens is 284 g/mol. The van der Waals surface area contributed by atoms with Gasteiger partial charge < -0.3 is 32.0 Å². The van der Waals surface area contributed by atoms with Crippen LogP contribution in [0.15, 0.2) is 18.2 Å². The Balaban J connectivity index is 2.89. The Hall–Kier alpha value is -1.83. The maximum atomic E-state index is 12.5. The van der Waals surface area contributed by atoms with Crippen LogP contribution in [-0.2, 0) is 0 Å². The van der Waals surface area contributed by atoms with Crippen molar-refractivity contribution < 1.29 is 14.3 Å². The van der Waals surface area contributed by atoms with E-state index in [4.69, 9.17) is 26.7 Å². The number of hydrogen-bond donors (Lipinski definition) is 4. The molecule has 1 amide bonds. The summed E-state index contributed by atoms with van der Waals surface area (Å²) in [7, 11) is 3.00. The van der Waals surface area contributed by atoms with Crippen molar-refractivity contribution in [2.75, 3.05) is 33.9 Å². The Bertz CT molecular complexity index is 465. The molecule has 1 aromatic rings. The van der Waals surface area contributed by atoms with Gasteiger partial charge in [0.05, 0.1) is 14.2 Å². The summed E-state index contributed by atoms with van der Waals surface area (Å²) in [6, 6.07) is 5.16. The topological polar surface area (TPSA) is 126 Å². The number of rotatable bonds is 9. The fourth-order valence-corrected chi connectivity index (χ4v) is 2.30. The second-order valence-electron chi connectivity index (χ2n) is 5.16. The third-order valence-electron chi connectivity index (χ3n) is 3.54. The van der Waals surface area contributed by atoms with E-state index in [0.29, 0.717) is 43.0 Å². The lowest BCUT2D eigenvalue weighted by atomic mass is 9.92. The highest BCUT2D eigenvalue weighted by molar-refractivity contribution is 5.99. The number of carbonyl (C=O) groups excluding carboxylic acids is 1. The molecule has 7 N–H and O–H groups in total. The van der Waals surface area contributed by atoms with Gasteiger partial charge in [-0.25, -0.2) is 0 Å². The summed E-state index contributed by atoms with van der Waals surface area (Å²) in [6.07, 6.45) is 1.15. The van der Waals surface area contributed by atoms with E-state index in [1.807, 2.05) is 0 Å². The zero-order chi connectivity index (χ0) is 16.6. The van der Waals surface area contributed by atoms with Gasteiger partial charge in [-0.15, -0.1) is 0 Å². The summed E-state index contributed by atoms with van der Waals surface area (Å²) < 4.78 is 10.4. The van der Waals surface area contributed by atoms with Gasteiger partial charge in [0.2, 0.25) is 0 Å². The van der Waals surface area contributed by atoms with Crippen molar-refractivity contribution in [3.63, 3.8) is 0 Å². The number of methoxy groups -OCH3 is 2. The van der Waals surface area contributed by atoms with Crippen molar-refractivity contribution in [1.82, 2.24) is 5.32 Å². The molecule has 0 unspecified atom stereocenters. The van der Waals surface area contributed by atoms with Crippen molar-refractivity contribution in [2.45, 2.75) is 18.4 Å². The van der Waals surface area contributed by atoms with Crippen LogP contribution in [0.2, 0.25) is 0 Å². The first-order valence-electron chi connectivity index (χ1n) is 7.19. The van der Waals surface area contributed by atoms with Crippen LogP contribution in [-0.4, -0.2) is 45.3 Å². The lowest BCUT2D eigenvalue weighted by Gasteiger charge is -2.29. The maximum absolute atomic E-state index is 12.5. The second kappa shape index (κ2) is 8.57. The van der Waals surface area contributed by atoms with Crippen LogP contribution in [0.1, 0.15) is 23.2 Å². The maximum Gasteiger partial charge on any atom is 0.258 e. The molecule has 0 radical (unpaired) electrons. The molecule has 0 saturated heterocycles. The number of hydrogen-bond acceptors (Lipinski definition) is 6. The van der Waals surface area contributed by atoms with Gasteiger partial charge in [-0.3, -0.25) is 4.79 Å². The smallest absolute Gasteiger partial charge is 0.258 e. The average molecular weight is 310 g/mol. The molecule has 0 atom stereocenters. The monoisotopic (exact) mass is 310 g/mol. The molecule has 0 spiro atoms. The van der Waals surface area contributed by atoms with Crippen molar-refractivity contribution in [2.24, 2.45) is 17.2 Å². The SMILES string of the molecule is COc1cccc(OC)c1C(=O)NCC(N)(CCN)CCN. The lowest BCUT2D eigenvalue weighted by molar-refractivity contribution is 0.0935. The van der Waals surface area contributed by atoms with Crippen LogP contribution in [0.5, 0.6) is 11.5 Å². The van der Waals surface area contributed by atoms with Gasteiger partial charge in [0, 0.05) is 12.1 Å². The normalized spacial score (nSPS) is 11.1. The summed E-state index contributed by atoms with van der Waals surface area (Å²) in [5.41, 5.74) is 17.1. The minimum Gasteiger partial charge on any atom is -0.496 e. The molecule has 0 heterocycles. The van der Waals surface area contributed by atoms with E-state index in [-0.39, 0.29) is 12.5 Å². The molecule has 0 aliphatic carbocycles. The lowest BCUT2D eigenvalue weighted by Crippen LogP contribution is -2.52. The number of amides is 1. The second-order valence-corrected chi connectivity index (χ2v) is 5.16. The van der Waals surface area contributed by atoms with Crippen LogP contribution in [0.3, 0.4) is 0 Å². The fraction of sp³-hybridized carbons (Fsp3) is 0.533. The first-order chi connectivity index (χ1) is 10.5. The summed E-state index contributed by atoms with van der Waals surface area (Å²) in [5.74, 6) is 0.576. The van der Waals surface area contributed by atoms with Gasteiger partial charge in [0.15, 0.2) is 0 Å². The van der Waals surface area contributed by atoms with Gasteiger partial charge >= 0.3 is 0 Å². The van der Waals surface area contributed by atoms with Crippen LogP contribution in [0.25, 0.3) is 0 Å². The summed E-state index contributed by atoms with van der Waals surface area (Å²) in [6.45, 7) is 1.15. The highest BCUT2D eigenvalue weighted by Gasteiger charge is 2.26. The predicted molar refractivity (Wildman–Crippen MR) is 86.1 cm³/mol. The first kappa shape index (κ1) is 18.2. The number of benzene rings is 1. The summed E-state index contributed by atoms with van der Waals surface area (Å²) >= 11 is 0. The Morgan fingerprint density at radius 3 is 2.05 bits per heavy atom. The number of nitrogens with two attached hydrogens (primary N) is 3. The largest absolute Gasteiger partial charge is 0.496 e. The number of carbonyl (C=O) groups is 1. The van der Waals surface area contributed by atoms with Crippen LogP contribution >= 0.6 is 0 Å². The van der Waals surface area contributed by atoms with E-state index in [1.165, 1.54) is 14.2 Å². The van der Waals surface area contributed by atoms with E-state index < -0.39 is 5.54 Å². The highest BCUT2D eigenvalue weighted by Crippen LogP contribution is 2.28. The Morgan fingerprint density at radius 2 is 1.64 bits per heavy atom. The van der Waals surface area contributed by atoms with Crippen molar-refractivity contribution in [3.05, 3.63) is 23.8 Å². The summed E-state index contributed by atoms with van der Waals surface area (Å²) in [5, 5.41) is 2.82. The molecule has 1 rings (SSSR count). The molecule has 1 aromatic carbocycles. The van der Waals surface area contributed by atoms with Crippen LogP contribution < -0.4 is 32.0 Å². The van der Waals surface area contributed by atoms with Crippen molar-refractivity contribution >= 4 is 5.91 Å². The third kappa shape index (κ3) is 4.59. The average Bonchev–Trinajstić information content (AvgIpc) is 2.52. The van der Waals surface area contributed by atoms with Crippen molar-refractivity contribution in [3.8, 4) is 11.5 Å². The summed E-state index contributed by atoms with van der Waals surface area (Å²) in [4.78, 5) is 12.5. The zero-order valence-electron chi connectivity index (χ0n) is 13.2. The van der Waals surface area contributed by atoms with Gasteiger partial charge in [0.25, 0.3) is 5.91 Å². The van der Waals surface area contributed by atoms with Gasteiger partial charge in [0.1, 0.15) is 17.1 Å². The molecule has 0 bridgehead atoms. The van der Waals surface area contributed by atoms with Crippen LogP contribution in [0, 0.1) is 0 Å². The highest BCUT2D eigenvalue weighted by atomic mass is 16.5. The van der Waals surface area contributed by atoms with E-state index in [9.17, 15) is 4.79 Å². The Kier molecular flexibility index (Phi) is 7.10. The predicted octanol–water partition coefficient (Wildman–Crippen LogP) is -0.171. The molecule has 0 saturated carbocycles. The molecule has 124 valence electrons. The molecule has 0 aromatic heterocycles. The molecular formula is C15H26N4O3. The van der Waals surface area contributed by atoms with Crippen molar-refractivity contribution in [1.29, 1.82) is 0 Å². The van der Waals surface area contributed by atoms with E-state index in [2.05, 4.69) is 5.32 Å².